The predicted molar refractivity (Wildman–Crippen MR) is 112 cm³/mol. The molecule has 160 valence electrons. The molecule has 0 unspecified atom stereocenters. The molecule has 1 saturated heterocycles. The number of amides is 1. The molecule has 0 radical (unpaired) electrons. The van der Waals surface area contributed by atoms with Crippen molar-refractivity contribution in [3.63, 3.8) is 0 Å². The third-order valence-electron chi connectivity index (χ3n) is 5.67. The van der Waals surface area contributed by atoms with Crippen LogP contribution in [-0.2, 0) is 14.8 Å². The Balaban J connectivity index is 1.44. The molecule has 1 aliphatic carbocycles. The fourth-order valence-electron chi connectivity index (χ4n) is 4.04. The molecular weight excluding hydrogens is 424 g/mol. The number of carbonyl (C=O) groups is 1. The molecule has 1 aromatic carbocycles. The number of thioether (sulfide) groups is 1. The molecule has 2 aliphatic rings. The van der Waals surface area contributed by atoms with Crippen LogP contribution in [0.2, 0.25) is 0 Å². The van der Waals surface area contributed by atoms with E-state index in [1.807, 2.05) is 0 Å². The largest absolute Gasteiger partial charge is 0.431 e. The maximum Gasteiger partial charge on any atom is 0.257 e. The molecule has 4 rings (SSSR count). The average molecular weight is 449 g/mol. The predicted octanol–water partition coefficient (Wildman–Crippen LogP) is 3.05. The quantitative estimate of drug-likeness (QED) is 0.675. The van der Waals surface area contributed by atoms with Crippen LogP contribution in [0.4, 0.5) is 0 Å². The van der Waals surface area contributed by atoms with Crippen molar-refractivity contribution in [1.29, 1.82) is 5.26 Å². The van der Waals surface area contributed by atoms with Crippen molar-refractivity contribution in [2.45, 2.75) is 60.6 Å². The summed E-state index contributed by atoms with van der Waals surface area (Å²) in [5.74, 6) is -0.158. The van der Waals surface area contributed by atoms with Gasteiger partial charge in [-0.2, -0.15) is 9.57 Å². The zero-order chi connectivity index (χ0) is 21.2. The lowest BCUT2D eigenvalue weighted by Gasteiger charge is -2.25. The van der Waals surface area contributed by atoms with Crippen molar-refractivity contribution in [3.8, 4) is 6.07 Å². The molecule has 1 saturated carbocycles. The average Bonchev–Trinajstić information content (AvgIpc) is 3.39. The van der Waals surface area contributed by atoms with Crippen molar-refractivity contribution in [3.05, 3.63) is 18.2 Å². The van der Waals surface area contributed by atoms with E-state index < -0.39 is 15.6 Å². The van der Waals surface area contributed by atoms with Gasteiger partial charge in [-0.25, -0.2) is 13.4 Å². The van der Waals surface area contributed by atoms with E-state index in [4.69, 9.17) is 4.42 Å². The van der Waals surface area contributed by atoms with E-state index in [-0.39, 0.29) is 16.6 Å². The monoisotopic (exact) mass is 448 g/mol. The number of benzene rings is 1. The van der Waals surface area contributed by atoms with Gasteiger partial charge in [-0.1, -0.05) is 18.2 Å². The van der Waals surface area contributed by atoms with Crippen LogP contribution in [0.15, 0.2) is 32.7 Å². The minimum atomic E-state index is -3.54. The number of carbonyl (C=O) groups excluding carboxylic acids is 1. The van der Waals surface area contributed by atoms with E-state index >= 15 is 0 Å². The summed E-state index contributed by atoms with van der Waals surface area (Å²) in [6.07, 6.45) is 6.04. The maximum atomic E-state index is 12.9. The molecule has 1 N–H and O–H groups in total. The maximum absolute atomic E-state index is 12.9. The van der Waals surface area contributed by atoms with Gasteiger partial charge < -0.3 is 9.73 Å². The molecule has 0 atom stereocenters. The second-order valence-corrected chi connectivity index (χ2v) is 10.7. The summed E-state index contributed by atoms with van der Waals surface area (Å²) in [5.41, 5.74) is 0.163. The number of fused-ring (bicyclic) bond motifs is 1. The van der Waals surface area contributed by atoms with Crippen molar-refractivity contribution >= 4 is 38.8 Å². The normalized spacial score (nSPS) is 19.6. The number of rotatable bonds is 6. The lowest BCUT2D eigenvalue weighted by molar-refractivity contribution is -0.119. The van der Waals surface area contributed by atoms with E-state index in [1.54, 1.807) is 6.07 Å². The van der Waals surface area contributed by atoms with Crippen molar-refractivity contribution < 1.29 is 17.6 Å². The Labute approximate surface area is 180 Å². The van der Waals surface area contributed by atoms with Gasteiger partial charge in [0.15, 0.2) is 5.58 Å². The zero-order valence-corrected chi connectivity index (χ0v) is 18.2. The van der Waals surface area contributed by atoms with Crippen LogP contribution in [-0.4, -0.2) is 48.0 Å². The standard InChI is InChI=1S/C20H24N4O4S2/c21-14-20(8-2-3-9-20)23-18(25)13-29-19-22-16-12-15(6-7-17(16)28-19)30(26,27)24-10-4-1-5-11-24/h6-7,12H,1-5,8-11,13H2,(H,23,25). The molecule has 0 bridgehead atoms. The number of nitrogens with zero attached hydrogens (tertiary/aromatic N) is 3. The highest BCUT2D eigenvalue weighted by molar-refractivity contribution is 7.99. The number of piperidine rings is 1. The van der Waals surface area contributed by atoms with Crippen LogP contribution in [0.1, 0.15) is 44.9 Å². The third kappa shape index (κ3) is 4.33. The summed E-state index contributed by atoms with van der Waals surface area (Å²) in [5, 5.41) is 12.5. The molecule has 2 aromatic rings. The summed E-state index contributed by atoms with van der Waals surface area (Å²) in [6.45, 7) is 1.08. The Morgan fingerprint density at radius 1 is 1.23 bits per heavy atom. The van der Waals surface area contributed by atoms with E-state index in [1.165, 1.54) is 16.4 Å². The highest BCUT2D eigenvalue weighted by atomic mass is 32.2. The highest BCUT2D eigenvalue weighted by Gasteiger charge is 2.35. The minimum Gasteiger partial charge on any atom is -0.431 e. The topological polar surface area (TPSA) is 116 Å². The van der Waals surface area contributed by atoms with Crippen LogP contribution >= 0.6 is 11.8 Å². The summed E-state index contributed by atoms with van der Waals surface area (Å²) in [7, 11) is -3.54. The molecule has 2 heterocycles. The Morgan fingerprint density at radius 2 is 1.97 bits per heavy atom. The SMILES string of the molecule is N#CC1(NC(=O)CSc2nc3cc(S(=O)(=O)N4CCCCC4)ccc3o2)CCCC1. The number of oxazole rings is 1. The number of hydrogen-bond donors (Lipinski definition) is 1. The van der Waals surface area contributed by atoms with Crippen LogP contribution in [0.25, 0.3) is 11.1 Å². The number of hydrogen-bond acceptors (Lipinski definition) is 7. The summed E-state index contributed by atoms with van der Waals surface area (Å²) in [4.78, 5) is 16.8. The number of sulfonamides is 1. The summed E-state index contributed by atoms with van der Waals surface area (Å²) < 4.78 is 32.9. The van der Waals surface area contributed by atoms with Gasteiger partial charge in [-0.3, -0.25) is 4.79 Å². The van der Waals surface area contributed by atoms with Gasteiger partial charge in [0, 0.05) is 13.1 Å². The first-order chi connectivity index (χ1) is 14.4. The van der Waals surface area contributed by atoms with Crippen LogP contribution in [0.5, 0.6) is 0 Å². The van der Waals surface area contributed by atoms with Crippen LogP contribution in [0.3, 0.4) is 0 Å². The van der Waals surface area contributed by atoms with Gasteiger partial charge in [0.25, 0.3) is 5.22 Å². The lowest BCUT2D eigenvalue weighted by atomic mass is 10.0. The highest BCUT2D eigenvalue weighted by Crippen LogP contribution is 2.30. The summed E-state index contributed by atoms with van der Waals surface area (Å²) in [6, 6.07) is 6.90. The van der Waals surface area contributed by atoms with Crippen molar-refractivity contribution in [1.82, 2.24) is 14.6 Å². The molecule has 10 heteroatoms. The molecular formula is C20H24N4O4S2. The van der Waals surface area contributed by atoms with Gasteiger partial charge >= 0.3 is 0 Å². The van der Waals surface area contributed by atoms with Crippen LogP contribution in [0, 0.1) is 11.3 Å². The van der Waals surface area contributed by atoms with Gasteiger partial charge in [0.05, 0.1) is 16.7 Å². The smallest absolute Gasteiger partial charge is 0.257 e. The van der Waals surface area contributed by atoms with Crippen molar-refractivity contribution in [2.75, 3.05) is 18.8 Å². The minimum absolute atomic E-state index is 0.0786. The first-order valence-electron chi connectivity index (χ1n) is 10.2. The Kier molecular flexibility index (Phi) is 6.04. The second-order valence-electron chi connectivity index (χ2n) is 7.81. The summed E-state index contributed by atoms with van der Waals surface area (Å²) >= 11 is 1.13. The molecule has 0 spiro atoms. The first kappa shape index (κ1) is 21.2. The van der Waals surface area contributed by atoms with Gasteiger partial charge in [0.1, 0.15) is 11.1 Å². The number of nitriles is 1. The fraction of sp³-hybridized carbons (Fsp3) is 0.550. The third-order valence-corrected chi connectivity index (χ3v) is 8.39. The van der Waals surface area contributed by atoms with E-state index in [0.717, 1.165) is 43.9 Å². The fourth-order valence-corrected chi connectivity index (χ4v) is 6.21. The first-order valence-corrected chi connectivity index (χ1v) is 12.6. The molecule has 1 aliphatic heterocycles. The molecule has 2 fully saturated rings. The van der Waals surface area contributed by atoms with Crippen molar-refractivity contribution in [2.24, 2.45) is 0 Å². The lowest BCUT2D eigenvalue weighted by Crippen LogP contribution is -2.45. The van der Waals surface area contributed by atoms with E-state index in [2.05, 4.69) is 16.4 Å². The molecule has 30 heavy (non-hydrogen) atoms. The van der Waals surface area contributed by atoms with E-state index in [0.29, 0.717) is 42.3 Å². The Morgan fingerprint density at radius 3 is 2.67 bits per heavy atom. The van der Waals surface area contributed by atoms with E-state index in [9.17, 15) is 18.5 Å². The molecule has 8 nitrogen and oxygen atoms in total. The zero-order valence-electron chi connectivity index (χ0n) is 16.6. The number of aromatic nitrogens is 1. The Hall–Kier alpha value is -2.09. The van der Waals surface area contributed by atoms with Crippen LogP contribution < -0.4 is 5.32 Å². The van der Waals surface area contributed by atoms with Gasteiger partial charge in [-0.05, 0) is 56.7 Å². The molecule has 1 aromatic heterocycles. The Bertz CT molecular complexity index is 1080. The van der Waals surface area contributed by atoms with Gasteiger partial charge in [-0.15, -0.1) is 0 Å². The molecule has 1 amide bonds. The van der Waals surface area contributed by atoms with Gasteiger partial charge in [0.2, 0.25) is 15.9 Å². The second kappa shape index (κ2) is 8.57. The number of nitrogens with one attached hydrogen (secondary N) is 1.